The van der Waals surface area contributed by atoms with Gasteiger partial charge in [0.25, 0.3) is 5.69 Å². The molecule has 1 heterocycles. The lowest BCUT2D eigenvalue weighted by Gasteiger charge is -2.12. The van der Waals surface area contributed by atoms with Crippen LogP contribution in [0.1, 0.15) is 17.0 Å². The van der Waals surface area contributed by atoms with Gasteiger partial charge in [-0.2, -0.15) is 0 Å². The molecule has 2 rings (SSSR count). The van der Waals surface area contributed by atoms with Gasteiger partial charge < -0.3 is 4.57 Å². The maximum absolute atomic E-state index is 10.9. The summed E-state index contributed by atoms with van der Waals surface area (Å²) in [5, 5.41) is 10.9. The van der Waals surface area contributed by atoms with E-state index in [1.54, 1.807) is 13.0 Å². The van der Waals surface area contributed by atoms with Gasteiger partial charge >= 0.3 is 0 Å². The van der Waals surface area contributed by atoms with Crippen LogP contribution in [0.2, 0.25) is 0 Å². The van der Waals surface area contributed by atoms with Crippen LogP contribution in [0.25, 0.3) is 5.69 Å². The van der Waals surface area contributed by atoms with Gasteiger partial charge in [-0.1, -0.05) is 6.07 Å². The Morgan fingerprint density at radius 1 is 1.06 bits per heavy atom. The Morgan fingerprint density at radius 2 is 1.65 bits per heavy atom. The molecular formula is C13H14N2O2. The third-order valence-corrected chi connectivity index (χ3v) is 2.99. The van der Waals surface area contributed by atoms with Crippen molar-refractivity contribution in [2.24, 2.45) is 0 Å². The topological polar surface area (TPSA) is 48.1 Å². The molecule has 0 aliphatic rings. The van der Waals surface area contributed by atoms with Gasteiger partial charge in [-0.25, -0.2) is 0 Å². The van der Waals surface area contributed by atoms with E-state index >= 15 is 0 Å². The third kappa shape index (κ3) is 1.82. The zero-order chi connectivity index (χ0) is 12.6. The van der Waals surface area contributed by atoms with E-state index in [1.165, 1.54) is 6.07 Å². The van der Waals surface area contributed by atoms with Crippen LogP contribution < -0.4 is 0 Å². The fourth-order valence-electron chi connectivity index (χ4n) is 2.10. The predicted octanol–water partition coefficient (Wildman–Crippen LogP) is 3.31. The van der Waals surface area contributed by atoms with Crippen LogP contribution >= 0.6 is 0 Å². The van der Waals surface area contributed by atoms with Crippen molar-refractivity contribution in [1.29, 1.82) is 0 Å². The Hall–Kier alpha value is -2.10. The van der Waals surface area contributed by atoms with Crippen molar-refractivity contribution in [3.63, 3.8) is 0 Å². The lowest BCUT2D eigenvalue weighted by Crippen LogP contribution is -2.03. The van der Waals surface area contributed by atoms with E-state index in [0.29, 0.717) is 5.56 Å². The number of aromatic nitrogens is 1. The molecule has 1 aromatic carbocycles. The molecule has 4 heteroatoms. The van der Waals surface area contributed by atoms with Crippen LogP contribution in [0.3, 0.4) is 0 Å². The molecule has 0 spiro atoms. The normalized spacial score (nSPS) is 10.5. The first-order valence-electron chi connectivity index (χ1n) is 5.41. The van der Waals surface area contributed by atoms with E-state index < -0.39 is 0 Å². The number of nitrogens with zero attached hydrogens (tertiary/aromatic N) is 2. The molecule has 0 fully saturated rings. The van der Waals surface area contributed by atoms with E-state index in [0.717, 1.165) is 17.1 Å². The van der Waals surface area contributed by atoms with Crippen molar-refractivity contribution in [2.75, 3.05) is 0 Å². The molecule has 0 N–H and O–H groups in total. The van der Waals surface area contributed by atoms with Gasteiger partial charge in [0.2, 0.25) is 0 Å². The molecule has 88 valence electrons. The summed E-state index contributed by atoms with van der Waals surface area (Å²) >= 11 is 0. The first-order valence-corrected chi connectivity index (χ1v) is 5.41. The minimum atomic E-state index is -0.340. The zero-order valence-corrected chi connectivity index (χ0v) is 10.1. The minimum absolute atomic E-state index is 0.162. The summed E-state index contributed by atoms with van der Waals surface area (Å²) in [5.74, 6) is 0. The van der Waals surface area contributed by atoms with Crippen molar-refractivity contribution in [1.82, 2.24) is 4.57 Å². The predicted molar refractivity (Wildman–Crippen MR) is 66.6 cm³/mol. The number of aryl methyl sites for hydroxylation is 2. The van der Waals surface area contributed by atoms with Crippen LogP contribution in [-0.4, -0.2) is 9.49 Å². The van der Waals surface area contributed by atoms with Crippen molar-refractivity contribution >= 4 is 5.69 Å². The SMILES string of the molecule is Cc1c(-n2c(C)ccc2C)cccc1[N+](=O)[O-]. The average Bonchev–Trinajstić information content (AvgIpc) is 2.59. The van der Waals surface area contributed by atoms with Crippen LogP contribution in [-0.2, 0) is 0 Å². The number of nitro groups is 1. The number of rotatable bonds is 2. The molecule has 0 aliphatic heterocycles. The van der Waals surface area contributed by atoms with Gasteiger partial charge in [0, 0.05) is 17.5 Å². The molecule has 17 heavy (non-hydrogen) atoms. The van der Waals surface area contributed by atoms with Gasteiger partial charge in [-0.3, -0.25) is 10.1 Å². The van der Waals surface area contributed by atoms with E-state index in [4.69, 9.17) is 0 Å². The highest BCUT2D eigenvalue weighted by molar-refractivity contribution is 5.54. The summed E-state index contributed by atoms with van der Waals surface area (Å²) in [6.45, 7) is 5.77. The van der Waals surface area contributed by atoms with Crippen LogP contribution in [0.5, 0.6) is 0 Å². The molecule has 0 unspecified atom stereocenters. The maximum Gasteiger partial charge on any atom is 0.274 e. The minimum Gasteiger partial charge on any atom is -0.318 e. The van der Waals surface area contributed by atoms with Gasteiger partial charge in [-0.15, -0.1) is 0 Å². The number of hydrogen-bond acceptors (Lipinski definition) is 2. The summed E-state index contributed by atoms with van der Waals surface area (Å²) in [4.78, 5) is 10.6. The number of nitro benzene ring substituents is 1. The molecule has 0 atom stereocenters. The molecule has 0 saturated heterocycles. The van der Waals surface area contributed by atoms with E-state index in [1.807, 2.05) is 36.6 Å². The highest BCUT2D eigenvalue weighted by Crippen LogP contribution is 2.26. The highest BCUT2D eigenvalue weighted by atomic mass is 16.6. The van der Waals surface area contributed by atoms with E-state index in [-0.39, 0.29) is 10.6 Å². The van der Waals surface area contributed by atoms with E-state index in [9.17, 15) is 10.1 Å². The molecule has 0 bridgehead atoms. The quantitative estimate of drug-likeness (QED) is 0.587. The molecular weight excluding hydrogens is 216 g/mol. The van der Waals surface area contributed by atoms with Crippen molar-refractivity contribution < 1.29 is 4.92 Å². The van der Waals surface area contributed by atoms with E-state index in [2.05, 4.69) is 0 Å². The third-order valence-electron chi connectivity index (χ3n) is 2.99. The second-order valence-electron chi connectivity index (χ2n) is 4.13. The Balaban J connectivity index is 2.69. The lowest BCUT2D eigenvalue weighted by atomic mass is 10.1. The summed E-state index contributed by atoms with van der Waals surface area (Å²) in [6.07, 6.45) is 0. The van der Waals surface area contributed by atoms with Gasteiger partial charge in [0.05, 0.1) is 16.2 Å². The summed E-state index contributed by atoms with van der Waals surface area (Å²) in [6, 6.07) is 9.18. The number of hydrogen-bond donors (Lipinski definition) is 0. The Kier molecular flexibility index (Phi) is 2.71. The fraction of sp³-hybridized carbons (Fsp3) is 0.231. The maximum atomic E-state index is 10.9. The Morgan fingerprint density at radius 3 is 2.18 bits per heavy atom. The first-order chi connectivity index (χ1) is 8.02. The molecule has 4 nitrogen and oxygen atoms in total. The van der Waals surface area contributed by atoms with Crippen molar-refractivity contribution in [3.05, 3.63) is 57.4 Å². The second-order valence-corrected chi connectivity index (χ2v) is 4.13. The average molecular weight is 230 g/mol. The first kappa shape index (κ1) is 11.4. The smallest absolute Gasteiger partial charge is 0.274 e. The molecule has 0 radical (unpaired) electrons. The summed E-state index contributed by atoms with van der Waals surface area (Å²) in [7, 11) is 0. The molecule has 2 aromatic rings. The monoisotopic (exact) mass is 230 g/mol. The van der Waals surface area contributed by atoms with Crippen molar-refractivity contribution in [3.8, 4) is 5.69 Å². The largest absolute Gasteiger partial charge is 0.318 e. The van der Waals surface area contributed by atoms with Crippen LogP contribution in [0.4, 0.5) is 5.69 Å². The lowest BCUT2D eigenvalue weighted by molar-refractivity contribution is -0.385. The molecule has 0 aliphatic carbocycles. The van der Waals surface area contributed by atoms with Gasteiger partial charge in [0.1, 0.15) is 0 Å². The Bertz CT molecular complexity index is 566. The van der Waals surface area contributed by atoms with Crippen LogP contribution in [0, 0.1) is 30.9 Å². The zero-order valence-electron chi connectivity index (χ0n) is 10.1. The fourth-order valence-corrected chi connectivity index (χ4v) is 2.10. The molecule has 0 saturated carbocycles. The van der Waals surface area contributed by atoms with Gasteiger partial charge in [-0.05, 0) is 39.0 Å². The summed E-state index contributed by atoms with van der Waals surface area (Å²) in [5.41, 5.74) is 3.88. The molecule has 1 aromatic heterocycles. The Labute approximate surface area is 99.7 Å². The number of benzene rings is 1. The second kappa shape index (κ2) is 4.05. The van der Waals surface area contributed by atoms with Crippen molar-refractivity contribution in [2.45, 2.75) is 20.8 Å². The van der Waals surface area contributed by atoms with Crippen LogP contribution in [0.15, 0.2) is 30.3 Å². The highest BCUT2D eigenvalue weighted by Gasteiger charge is 2.15. The van der Waals surface area contributed by atoms with Gasteiger partial charge in [0.15, 0.2) is 0 Å². The standard InChI is InChI=1S/C13H14N2O2/c1-9-7-8-10(2)14(9)12-5-4-6-13(11(12)3)15(16)17/h4-8H,1-3H3. The summed E-state index contributed by atoms with van der Waals surface area (Å²) < 4.78 is 2.03. The molecule has 0 amide bonds.